The van der Waals surface area contributed by atoms with Crippen LogP contribution in [0.2, 0.25) is 0 Å². The molecule has 0 spiro atoms. The van der Waals surface area contributed by atoms with Gasteiger partial charge in [0.2, 0.25) is 0 Å². The summed E-state index contributed by atoms with van der Waals surface area (Å²) >= 11 is 4.92. The Morgan fingerprint density at radius 2 is 2.12 bits per heavy atom. The summed E-state index contributed by atoms with van der Waals surface area (Å²) in [6.07, 6.45) is 0. The molecular weight excluding hydrogens is 224 g/mol. The number of methoxy groups -OCH3 is 1. The molecule has 0 amide bonds. The molecule has 0 aliphatic carbocycles. The summed E-state index contributed by atoms with van der Waals surface area (Å²) in [7, 11) is 1.35. The standard InChI is InChI=1S/C11H14N2O2S/c1-7(11(14)15-2)13-9-6-4-3-5-8(9)10(12)16/h3-7,13H,1-2H3,(H2,12,16). The van der Waals surface area contributed by atoms with Crippen LogP contribution in [0.5, 0.6) is 0 Å². The Balaban J connectivity index is 2.88. The van der Waals surface area contributed by atoms with Crippen molar-refractivity contribution in [1.29, 1.82) is 0 Å². The first kappa shape index (κ1) is 12.4. The van der Waals surface area contributed by atoms with Gasteiger partial charge in [-0.3, -0.25) is 0 Å². The lowest BCUT2D eigenvalue weighted by molar-refractivity contribution is -0.141. The molecule has 0 heterocycles. The third-order valence-corrected chi connectivity index (χ3v) is 2.34. The zero-order chi connectivity index (χ0) is 12.1. The molecule has 1 unspecified atom stereocenters. The van der Waals surface area contributed by atoms with Crippen molar-refractivity contribution in [2.75, 3.05) is 12.4 Å². The van der Waals surface area contributed by atoms with Gasteiger partial charge in [0.1, 0.15) is 11.0 Å². The Hall–Kier alpha value is -1.62. The molecule has 1 atom stereocenters. The molecule has 0 saturated heterocycles. The van der Waals surface area contributed by atoms with Crippen LogP contribution in [-0.2, 0) is 9.53 Å². The van der Waals surface area contributed by atoms with Crippen LogP contribution in [0.3, 0.4) is 0 Å². The molecule has 86 valence electrons. The highest BCUT2D eigenvalue weighted by molar-refractivity contribution is 7.80. The number of nitrogens with one attached hydrogen (secondary N) is 1. The van der Waals surface area contributed by atoms with E-state index < -0.39 is 6.04 Å². The van der Waals surface area contributed by atoms with Crippen molar-refractivity contribution in [3.63, 3.8) is 0 Å². The van der Waals surface area contributed by atoms with Crippen molar-refractivity contribution in [1.82, 2.24) is 0 Å². The summed E-state index contributed by atoms with van der Waals surface area (Å²) in [5.41, 5.74) is 7.02. The number of carbonyl (C=O) groups is 1. The van der Waals surface area contributed by atoms with Gasteiger partial charge < -0.3 is 15.8 Å². The number of carbonyl (C=O) groups excluding carboxylic acids is 1. The van der Waals surface area contributed by atoms with Crippen molar-refractivity contribution in [2.24, 2.45) is 5.73 Å². The summed E-state index contributed by atoms with van der Waals surface area (Å²) in [6, 6.07) is 6.85. The Labute approximate surface area is 99.8 Å². The molecule has 0 aliphatic heterocycles. The summed E-state index contributed by atoms with van der Waals surface area (Å²) in [5.74, 6) is -0.335. The van der Waals surface area contributed by atoms with Crippen LogP contribution in [0.4, 0.5) is 5.69 Å². The molecule has 16 heavy (non-hydrogen) atoms. The molecule has 4 nitrogen and oxygen atoms in total. The van der Waals surface area contributed by atoms with Gasteiger partial charge in [-0.2, -0.15) is 0 Å². The van der Waals surface area contributed by atoms with Gasteiger partial charge in [0.25, 0.3) is 0 Å². The summed E-state index contributed by atoms with van der Waals surface area (Å²) < 4.78 is 4.62. The molecule has 5 heteroatoms. The van der Waals surface area contributed by atoms with E-state index in [-0.39, 0.29) is 5.97 Å². The molecular formula is C11H14N2O2S. The average Bonchev–Trinajstić information content (AvgIpc) is 2.28. The number of para-hydroxylation sites is 1. The molecule has 1 aromatic carbocycles. The van der Waals surface area contributed by atoms with Crippen LogP contribution in [-0.4, -0.2) is 24.1 Å². The fourth-order valence-corrected chi connectivity index (χ4v) is 1.47. The van der Waals surface area contributed by atoms with E-state index in [1.807, 2.05) is 18.2 Å². The van der Waals surface area contributed by atoms with Crippen LogP contribution in [0.15, 0.2) is 24.3 Å². The molecule has 0 saturated carbocycles. The lowest BCUT2D eigenvalue weighted by atomic mass is 10.1. The predicted octanol–water partition coefficient (Wildman–Crippen LogP) is 1.29. The van der Waals surface area contributed by atoms with Gasteiger partial charge in [0.05, 0.1) is 7.11 Å². The minimum atomic E-state index is -0.444. The quantitative estimate of drug-likeness (QED) is 0.611. The fraction of sp³-hybridized carbons (Fsp3) is 0.273. The number of anilines is 1. The van der Waals surface area contributed by atoms with E-state index in [0.29, 0.717) is 10.6 Å². The number of nitrogens with two attached hydrogens (primary N) is 1. The van der Waals surface area contributed by atoms with Crippen LogP contribution in [0, 0.1) is 0 Å². The average molecular weight is 238 g/mol. The van der Waals surface area contributed by atoms with E-state index in [1.54, 1.807) is 13.0 Å². The highest BCUT2D eigenvalue weighted by Gasteiger charge is 2.14. The normalized spacial score (nSPS) is 11.6. The first-order valence-electron chi connectivity index (χ1n) is 4.79. The van der Waals surface area contributed by atoms with Crippen LogP contribution in [0.25, 0.3) is 0 Å². The minimum Gasteiger partial charge on any atom is -0.467 e. The SMILES string of the molecule is COC(=O)C(C)Nc1ccccc1C(N)=S. The Morgan fingerprint density at radius 3 is 2.69 bits per heavy atom. The summed E-state index contributed by atoms with van der Waals surface area (Å²) in [4.78, 5) is 11.5. The second kappa shape index (κ2) is 5.46. The van der Waals surface area contributed by atoms with Crippen LogP contribution < -0.4 is 11.1 Å². The Morgan fingerprint density at radius 1 is 1.50 bits per heavy atom. The number of hydrogen-bond acceptors (Lipinski definition) is 4. The Bertz CT molecular complexity index is 407. The predicted molar refractivity (Wildman–Crippen MR) is 67.4 cm³/mol. The van der Waals surface area contributed by atoms with Crippen molar-refractivity contribution in [2.45, 2.75) is 13.0 Å². The number of ether oxygens (including phenoxy) is 1. The van der Waals surface area contributed by atoms with E-state index in [0.717, 1.165) is 5.69 Å². The zero-order valence-electron chi connectivity index (χ0n) is 9.19. The van der Waals surface area contributed by atoms with Gasteiger partial charge >= 0.3 is 5.97 Å². The smallest absolute Gasteiger partial charge is 0.327 e. The van der Waals surface area contributed by atoms with Crippen molar-refractivity contribution in [3.8, 4) is 0 Å². The molecule has 1 aromatic rings. The van der Waals surface area contributed by atoms with Gasteiger partial charge in [0.15, 0.2) is 0 Å². The van der Waals surface area contributed by atoms with Crippen molar-refractivity contribution in [3.05, 3.63) is 29.8 Å². The van der Waals surface area contributed by atoms with E-state index >= 15 is 0 Å². The Kier molecular flexibility index (Phi) is 4.25. The lowest BCUT2D eigenvalue weighted by Crippen LogP contribution is -2.28. The topological polar surface area (TPSA) is 64.3 Å². The van der Waals surface area contributed by atoms with Gasteiger partial charge in [-0.15, -0.1) is 0 Å². The highest BCUT2D eigenvalue weighted by Crippen LogP contribution is 2.16. The van der Waals surface area contributed by atoms with Gasteiger partial charge in [0, 0.05) is 11.3 Å². The van der Waals surface area contributed by atoms with Crippen molar-refractivity contribution >= 4 is 28.9 Å². The maximum Gasteiger partial charge on any atom is 0.327 e. The largest absolute Gasteiger partial charge is 0.467 e. The number of thiocarbonyl (C=S) groups is 1. The molecule has 0 bridgehead atoms. The lowest BCUT2D eigenvalue weighted by Gasteiger charge is -2.15. The number of hydrogen-bond donors (Lipinski definition) is 2. The maximum atomic E-state index is 11.2. The van der Waals surface area contributed by atoms with Crippen molar-refractivity contribution < 1.29 is 9.53 Å². The van der Waals surface area contributed by atoms with E-state index in [9.17, 15) is 4.79 Å². The molecule has 0 aromatic heterocycles. The summed E-state index contributed by atoms with van der Waals surface area (Å²) in [5, 5.41) is 3.00. The second-order valence-electron chi connectivity index (χ2n) is 3.30. The first-order chi connectivity index (χ1) is 7.56. The van der Waals surface area contributed by atoms with Crippen LogP contribution >= 0.6 is 12.2 Å². The van der Waals surface area contributed by atoms with Gasteiger partial charge in [-0.1, -0.05) is 24.4 Å². The molecule has 0 fully saturated rings. The monoisotopic (exact) mass is 238 g/mol. The third kappa shape index (κ3) is 2.93. The minimum absolute atomic E-state index is 0.292. The first-order valence-corrected chi connectivity index (χ1v) is 5.20. The third-order valence-electron chi connectivity index (χ3n) is 2.12. The molecule has 3 N–H and O–H groups in total. The van der Waals surface area contributed by atoms with Crippen LogP contribution in [0.1, 0.15) is 12.5 Å². The number of benzene rings is 1. The zero-order valence-corrected chi connectivity index (χ0v) is 10.0. The van der Waals surface area contributed by atoms with E-state index in [4.69, 9.17) is 18.0 Å². The number of rotatable bonds is 4. The highest BCUT2D eigenvalue weighted by atomic mass is 32.1. The van der Waals surface area contributed by atoms with Gasteiger partial charge in [-0.25, -0.2) is 4.79 Å². The number of esters is 1. The van der Waals surface area contributed by atoms with E-state index in [1.165, 1.54) is 7.11 Å². The van der Waals surface area contributed by atoms with E-state index in [2.05, 4.69) is 10.1 Å². The summed E-state index contributed by atoms with van der Waals surface area (Å²) in [6.45, 7) is 1.71. The molecule has 1 rings (SSSR count). The molecule has 0 radical (unpaired) electrons. The maximum absolute atomic E-state index is 11.2. The second-order valence-corrected chi connectivity index (χ2v) is 3.74. The fourth-order valence-electron chi connectivity index (χ4n) is 1.29. The van der Waals surface area contributed by atoms with Gasteiger partial charge in [-0.05, 0) is 19.1 Å². The molecule has 0 aliphatic rings.